The summed E-state index contributed by atoms with van der Waals surface area (Å²) >= 11 is 0. The molecule has 0 aliphatic heterocycles. The van der Waals surface area contributed by atoms with Gasteiger partial charge in [-0.2, -0.15) is 0 Å². The molecule has 1 heterocycles. The van der Waals surface area contributed by atoms with Gasteiger partial charge in [0.05, 0.1) is 0 Å². The van der Waals surface area contributed by atoms with E-state index in [2.05, 4.69) is 15.6 Å². The zero-order valence-corrected chi connectivity index (χ0v) is 13.8. The molecule has 2 amide bonds. The number of pyridine rings is 1. The second-order valence-electron chi connectivity index (χ2n) is 6.40. The molecule has 0 aliphatic carbocycles. The fourth-order valence-electron chi connectivity index (χ4n) is 2.01. The summed E-state index contributed by atoms with van der Waals surface area (Å²) in [4.78, 5) is 28.5. The largest absolute Gasteiger partial charge is 0.347 e. The maximum Gasteiger partial charge on any atom is 0.274 e. The minimum Gasteiger partial charge on any atom is -0.347 e. The Morgan fingerprint density at radius 3 is 2.39 bits per heavy atom. The van der Waals surface area contributed by atoms with Crippen LogP contribution in [0.5, 0.6) is 0 Å². The summed E-state index contributed by atoms with van der Waals surface area (Å²) < 4.78 is 0. The summed E-state index contributed by atoms with van der Waals surface area (Å²) in [6.45, 7) is 7.61. The number of nitrogens with one attached hydrogen (secondary N) is 2. The Balaban J connectivity index is 2.18. The lowest BCUT2D eigenvalue weighted by atomic mass is 10.1. The summed E-state index contributed by atoms with van der Waals surface area (Å²) in [6, 6.07) is 10.6. The van der Waals surface area contributed by atoms with Crippen molar-refractivity contribution in [1.29, 1.82) is 0 Å². The van der Waals surface area contributed by atoms with E-state index >= 15 is 0 Å². The van der Waals surface area contributed by atoms with Crippen LogP contribution in [0.3, 0.4) is 0 Å². The molecular formula is C18H21N3O2. The molecule has 0 spiro atoms. The van der Waals surface area contributed by atoms with Crippen molar-refractivity contribution in [3.8, 4) is 0 Å². The molecule has 5 nitrogen and oxygen atoms in total. The highest BCUT2D eigenvalue weighted by Gasteiger charge is 2.17. The highest BCUT2D eigenvalue weighted by Crippen LogP contribution is 2.14. The van der Waals surface area contributed by atoms with Crippen LogP contribution in [0.1, 0.15) is 47.2 Å². The smallest absolute Gasteiger partial charge is 0.274 e. The second-order valence-corrected chi connectivity index (χ2v) is 6.40. The van der Waals surface area contributed by atoms with Crippen LogP contribution in [0.4, 0.5) is 5.69 Å². The standard InChI is InChI=1S/C18H21N3O2/c1-12-7-5-6-8-14(12)20-17(23)15-11-13(9-10-19-15)16(22)21-18(2,3)4/h5-11H,1-4H3,(H,20,23)(H,21,22). The van der Waals surface area contributed by atoms with Crippen LogP contribution in [0, 0.1) is 6.92 Å². The minimum absolute atomic E-state index is 0.204. The third-order valence-electron chi connectivity index (χ3n) is 3.14. The van der Waals surface area contributed by atoms with Gasteiger partial charge in [0.1, 0.15) is 5.69 Å². The van der Waals surface area contributed by atoms with Crippen molar-refractivity contribution in [2.45, 2.75) is 33.2 Å². The van der Waals surface area contributed by atoms with Gasteiger partial charge in [-0.1, -0.05) is 18.2 Å². The van der Waals surface area contributed by atoms with E-state index < -0.39 is 0 Å². The van der Waals surface area contributed by atoms with Crippen molar-refractivity contribution >= 4 is 17.5 Å². The molecule has 0 bridgehead atoms. The fourth-order valence-corrected chi connectivity index (χ4v) is 2.01. The van der Waals surface area contributed by atoms with Crippen LogP contribution >= 0.6 is 0 Å². The van der Waals surface area contributed by atoms with E-state index in [1.165, 1.54) is 12.3 Å². The minimum atomic E-state index is -0.343. The number of carbonyl (C=O) groups excluding carboxylic acids is 2. The van der Waals surface area contributed by atoms with E-state index in [4.69, 9.17) is 0 Å². The van der Waals surface area contributed by atoms with Crippen molar-refractivity contribution in [2.75, 3.05) is 5.32 Å². The first-order valence-corrected chi connectivity index (χ1v) is 7.42. The molecule has 0 aliphatic rings. The first-order chi connectivity index (χ1) is 10.8. The molecule has 0 radical (unpaired) electrons. The zero-order valence-electron chi connectivity index (χ0n) is 13.8. The number of anilines is 1. The summed E-state index contributed by atoms with van der Waals surface area (Å²) in [5.74, 6) is -0.574. The van der Waals surface area contributed by atoms with Gasteiger partial charge >= 0.3 is 0 Å². The van der Waals surface area contributed by atoms with Crippen LogP contribution in [-0.4, -0.2) is 22.3 Å². The first-order valence-electron chi connectivity index (χ1n) is 7.42. The fraction of sp³-hybridized carbons (Fsp3) is 0.278. The van der Waals surface area contributed by atoms with Crippen LogP contribution in [-0.2, 0) is 0 Å². The summed E-state index contributed by atoms with van der Waals surface area (Å²) in [5, 5.41) is 5.67. The molecule has 2 rings (SSSR count). The monoisotopic (exact) mass is 311 g/mol. The lowest BCUT2D eigenvalue weighted by molar-refractivity contribution is 0.0919. The Kier molecular flexibility index (Phi) is 4.79. The first kappa shape index (κ1) is 16.7. The van der Waals surface area contributed by atoms with E-state index in [0.29, 0.717) is 5.56 Å². The molecule has 23 heavy (non-hydrogen) atoms. The molecule has 120 valence electrons. The van der Waals surface area contributed by atoms with E-state index in [1.54, 1.807) is 6.07 Å². The van der Waals surface area contributed by atoms with E-state index in [0.717, 1.165) is 11.3 Å². The van der Waals surface area contributed by atoms with Crippen LogP contribution in [0.2, 0.25) is 0 Å². The average Bonchev–Trinajstić information content (AvgIpc) is 2.48. The molecule has 0 fully saturated rings. The lowest BCUT2D eigenvalue weighted by Crippen LogP contribution is -2.40. The van der Waals surface area contributed by atoms with Gasteiger partial charge in [-0.3, -0.25) is 14.6 Å². The Bertz CT molecular complexity index is 733. The summed E-state index contributed by atoms with van der Waals surface area (Å²) in [5.41, 5.74) is 1.95. The molecule has 0 unspecified atom stereocenters. The second kappa shape index (κ2) is 6.60. The van der Waals surface area contributed by atoms with E-state index in [9.17, 15) is 9.59 Å². The molecule has 2 N–H and O–H groups in total. The van der Waals surface area contributed by atoms with Crippen molar-refractivity contribution in [3.63, 3.8) is 0 Å². The number of hydrogen-bond donors (Lipinski definition) is 2. The van der Waals surface area contributed by atoms with E-state index in [-0.39, 0.29) is 23.0 Å². The quantitative estimate of drug-likeness (QED) is 0.914. The van der Waals surface area contributed by atoms with Gasteiger partial charge < -0.3 is 10.6 Å². The molecule has 5 heteroatoms. The molecule has 0 saturated heterocycles. The molecule has 1 aromatic carbocycles. The number of rotatable bonds is 3. The van der Waals surface area contributed by atoms with Gasteiger partial charge in [0, 0.05) is 23.0 Å². The third-order valence-corrected chi connectivity index (χ3v) is 3.14. The maximum atomic E-state index is 12.3. The van der Waals surface area contributed by atoms with Crippen molar-refractivity contribution in [1.82, 2.24) is 10.3 Å². The maximum absolute atomic E-state index is 12.3. The number of hydrogen-bond acceptors (Lipinski definition) is 3. The van der Waals surface area contributed by atoms with Crippen LogP contribution < -0.4 is 10.6 Å². The van der Waals surface area contributed by atoms with Crippen LogP contribution in [0.25, 0.3) is 0 Å². The normalized spacial score (nSPS) is 11.0. The number of aryl methyl sites for hydroxylation is 1. The highest BCUT2D eigenvalue weighted by molar-refractivity contribution is 6.05. The third kappa shape index (κ3) is 4.64. The predicted molar refractivity (Wildman–Crippen MR) is 90.6 cm³/mol. The Hall–Kier alpha value is -2.69. The summed E-state index contributed by atoms with van der Waals surface area (Å²) in [6.07, 6.45) is 1.46. The SMILES string of the molecule is Cc1ccccc1NC(=O)c1cc(C(=O)NC(C)(C)C)ccn1. The summed E-state index contributed by atoms with van der Waals surface area (Å²) in [7, 11) is 0. The van der Waals surface area contributed by atoms with Gasteiger partial charge in [-0.25, -0.2) is 0 Å². The number of nitrogens with zero attached hydrogens (tertiary/aromatic N) is 1. The average molecular weight is 311 g/mol. The van der Waals surface area contributed by atoms with Gasteiger partial charge in [-0.05, 0) is 51.5 Å². The molecule has 0 atom stereocenters. The Morgan fingerprint density at radius 1 is 1.04 bits per heavy atom. The van der Waals surface area contributed by atoms with Crippen molar-refractivity contribution < 1.29 is 9.59 Å². The number of benzene rings is 1. The molecular weight excluding hydrogens is 290 g/mol. The van der Waals surface area contributed by atoms with Crippen molar-refractivity contribution in [2.24, 2.45) is 0 Å². The number of carbonyl (C=O) groups is 2. The zero-order chi connectivity index (χ0) is 17.0. The number of amides is 2. The van der Waals surface area contributed by atoms with Gasteiger partial charge in [0.15, 0.2) is 0 Å². The Morgan fingerprint density at radius 2 is 1.74 bits per heavy atom. The molecule has 1 aromatic heterocycles. The topological polar surface area (TPSA) is 71.1 Å². The predicted octanol–water partition coefficient (Wildman–Crippen LogP) is 3.17. The Labute approximate surface area is 136 Å². The molecule has 0 saturated carbocycles. The number of aromatic nitrogens is 1. The van der Waals surface area contributed by atoms with E-state index in [1.807, 2.05) is 52.0 Å². The van der Waals surface area contributed by atoms with Gasteiger partial charge in [-0.15, -0.1) is 0 Å². The van der Waals surface area contributed by atoms with Gasteiger partial charge in [0.2, 0.25) is 0 Å². The molecule has 2 aromatic rings. The van der Waals surface area contributed by atoms with Gasteiger partial charge in [0.25, 0.3) is 11.8 Å². The van der Waals surface area contributed by atoms with Crippen molar-refractivity contribution in [3.05, 3.63) is 59.4 Å². The van der Waals surface area contributed by atoms with Crippen LogP contribution in [0.15, 0.2) is 42.6 Å². The number of para-hydroxylation sites is 1. The lowest BCUT2D eigenvalue weighted by Gasteiger charge is -2.20. The highest BCUT2D eigenvalue weighted by atomic mass is 16.2.